The summed E-state index contributed by atoms with van der Waals surface area (Å²) in [7, 11) is 0. The fraction of sp³-hybridized carbons (Fsp3) is 0.318. The van der Waals surface area contributed by atoms with Crippen molar-refractivity contribution in [2.24, 2.45) is 0 Å². The standard InChI is InChI=1S/C22H25N3O3S/c1-16-7-9-18(10-8-16)23-20(26)14-29-15-21(27)24-19-5-2-4-17(12-19)13-25-11-3-6-22(25)28/h2,4-5,7-10,12H,3,6,11,13-15H2,1H3,(H,23,26)(H,24,27). The molecule has 0 spiro atoms. The van der Waals surface area contributed by atoms with E-state index in [9.17, 15) is 14.4 Å². The third-order valence-electron chi connectivity index (χ3n) is 4.56. The van der Waals surface area contributed by atoms with E-state index in [4.69, 9.17) is 0 Å². The summed E-state index contributed by atoms with van der Waals surface area (Å²) in [6, 6.07) is 15.1. The summed E-state index contributed by atoms with van der Waals surface area (Å²) >= 11 is 1.26. The first-order valence-corrected chi connectivity index (χ1v) is 10.8. The molecule has 0 radical (unpaired) electrons. The molecular weight excluding hydrogens is 386 g/mol. The highest BCUT2D eigenvalue weighted by molar-refractivity contribution is 8.00. The smallest absolute Gasteiger partial charge is 0.234 e. The van der Waals surface area contributed by atoms with E-state index in [-0.39, 0.29) is 29.2 Å². The third-order valence-corrected chi connectivity index (χ3v) is 5.49. The number of hydrogen-bond acceptors (Lipinski definition) is 4. The van der Waals surface area contributed by atoms with Gasteiger partial charge in [-0.15, -0.1) is 11.8 Å². The Bertz CT molecular complexity index is 883. The van der Waals surface area contributed by atoms with Crippen LogP contribution in [0.4, 0.5) is 11.4 Å². The van der Waals surface area contributed by atoms with Crippen LogP contribution in [0, 0.1) is 6.92 Å². The molecule has 1 saturated heterocycles. The van der Waals surface area contributed by atoms with Gasteiger partial charge in [-0.2, -0.15) is 0 Å². The summed E-state index contributed by atoms with van der Waals surface area (Å²) in [4.78, 5) is 37.7. The van der Waals surface area contributed by atoms with E-state index < -0.39 is 0 Å². The van der Waals surface area contributed by atoms with Crippen LogP contribution in [0.25, 0.3) is 0 Å². The largest absolute Gasteiger partial charge is 0.338 e. The molecule has 0 aromatic heterocycles. The number of benzene rings is 2. The van der Waals surface area contributed by atoms with E-state index in [2.05, 4.69) is 10.6 Å². The van der Waals surface area contributed by atoms with E-state index in [1.54, 1.807) is 0 Å². The molecule has 0 saturated carbocycles. The van der Waals surface area contributed by atoms with Crippen molar-refractivity contribution in [3.05, 3.63) is 59.7 Å². The minimum Gasteiger partial charge on any atom is -0.338 e. The maximum absolute atomic E-state index is 12.2. The van der Waals surface area contributed by atoms with Crippen LogP contribution in [0.3, 0.4) is 0 Å². The summed E-state index contributed by atoms with van der Waals surface area (Å²) in [5.74, 6) is 0.283. The van der Waals surface area contributed by atoms with Crippen LogP contribution >= 0.6 is 11.8 Å². The molecule has 0 aliphatic carbocycles. The van der Waals surface area contributed by atoms with Crippen molar-refractivity contribution in [3.8, 4) is 0 Å². The van der Waals surface area contributed by atoms with Crippen molar-refractivity contribution < 1.29 is 14.4 Å². The number of rotatable bonds is 8. The molecule has 0 unspecified atom stereocenters. The highest BCUT2D eigenvalue weighted by Crippen LogP contribution is 2.17. The second-order valence-electron chi connectivity index (χ2n) is 7.07. The van der Waals surface area contributed by atoms with Gasteiger partial charge in [0.2, 0.25) is 17.7 Å². The highest BCUT2D eigenvalue weighted by Gasteiger charge is 2.20. The van der Waals surface area contributed by atoms with Crippen LogP contribution in [0.1, 0.15) is 24.0 Å². The first-order chi connectivity index (χ1) is 14.0. The monoisotopic (exact) mass is 411 g/mol. The van der Waals surface area contributed by atoms with E-state index in [0.29, 0.717) is 18.7 Å². The van der Waals surface area contributed by atoms with E-state index in [1.807, 2.05) is 60.4 Å². The molecule has 29 heavy (non-hydrogen) atoms. The van der Waals surface area contributed by atoms with Gasteiger partial charge in [-0.3, -0.25) is 14.4 Å². The number of likely N-dealkylation sites (tertiary alicyclic amines) is 1. The number of hydrogen-bond donors (Lipinski definition) is 2. The Morgan fingerprint density at radius 2 is 1.69 bits per heavy atom. The average Bonchev–Trinajstić information content (AvgIpc) is 3.08. The van der Waals surface area contributed by atoms with Crippen LogP contribution in [-0.2, 0) is 20.9 Å². The number of anilines is 2. The van der Waals surface area contributed by atoms with Crippen LogP contribution in [-0.4, -0.2) is 40.7 Å². The maximum Gasteiger partial charge on any atom is 0.234 e. The first-order valence-electron chi connectivity index (χ1n) is 9.60. The van der Waals surface area contributed by atoms with E-state index in [0.717, 1.165) is 29.8 Å². The van der Waals surface area contributed by atoms with Gasteiger partial charge in [0, 0.05) is 30.9 Å². The third kappa shape index (κ3) is 6.64. The molecule has 2 N–H and O–H groups in total. The number of carbonyl (C=O) groups is 3. The van der Waals surface area contributed by atoms with E-state index in [1.165, 1.54) is 11.8 Å². The SMILES string of the molecule is Cc1ccc(NC(=O)CSCC(=O)Nc2cccc(CN3CCCC3=O)c2)cc1. The molecule has 7 heteroatoms. The zero-order valence-electron chi connectivity index (χ0n) is 16.4. The van der Waals surface area contributed by atoms with Crippen molar-refractivity contribution in [1.82, 2.24) is 4.90 Å². The number of thioether (sulfide) groups is 1. The highest BCUT2D eigenvalue weighted by atomic mass is 32.2. The molecule has 1 heterocycles. The van der Waals surface area contributed by atoms with Gasteiger partial charge in [-0.25, -0.2) is 0 Å². The van der Waals surface area contributed by atoms with Crippen LogP contribution in [0.2, 0.25) is 0 Å². The Morgan fingerprint density at radius 3 is 2.34 bits per heavy atom. The van der Waals surface area contributed by atoms with Gasteiger partial charge in [0.25, 0.3) is 0 Å². The Morgan fingerprint density at radius 1 is 1.00 bits per heavy atom. The molecule has 152 valence electrons. The minimum atomic E-state index is -0.160. The molecule has 6 nitrogen and oxygen atoms in total. The lowest BCUT2D eigenvalue weighted by molar-refractivity contribution is -0.128. The second-order valence-corrected chi connectivity index (χ2v) is 8.06. The molecule has 0 bridgehead atoms. The summed E-state index contributed by atoms with van der Waals surface area (Å²) in [5, 5.41) is 5.67. The van der Waals surface area contributed by atoms with Gasteiger partial charge < -0.3 is 15.5 Å². The zero-order chi connectivity index (χ0) is 20.6. The lowest BCUT2D eigenvalue weighted by Gasteiger charge is -2.16. The number of nitrogens with one attached hydrogen (secondary N) is 2. The minimum absolute atomic E-state index is 0.135. The Kier molecular flexibility index (Phi) is 7.30. The molecule has 3 rings (SSSR count). The van der Waals surface area contributed by atoms with Crippen LogP contribution < -0.4 is 10.6 Å². The number of nitrogens with zero attached hydrogens (tertiary/aromatic N) is 1. The van der Waals surface area contributed by atoms with Gasteiger partial charge in [-0.1, -0.05) is 29.8 Å². The summed E-state index contributed by atoms with van der Waals surface area (Å²) in [6.07, 6.45) is 1.52. The fourth-order valence-electron chi connectivity index (χ4n) is 3.11. The average molecular weight is 412 g/mol. The molecular formula is C22H25N3O3S. The zero-order valence-corrected chi connectivity index (χ0v) is 17.3. The summed E-state index contributed by atoms with van der Waals surface area (Å²) < 4.78 is 0. The Hall–Kier alpha value is -2.80. The van der Waals surface area contributed by atoms with Crippen molar-refractivity contribution in [2.75, 3.05) is 28.7 Å². The Labute approximate surface area is 175 Å². The predicted molar refractivity (Wildman–Crippen MR) is 117 cm³/mol. The molecule has 2 aromatic rings. The lowest BCUT2D eigenvalue weighted by atomic mass is 10.2. The van der Waals surface area contributed by atoms with Gasteiger partial charge in [0.1, 0.15) is 0 Å². The van der Waals surface area contributed by atoms with Crippen molar-refractivity contribution in [1.29, 1.82) is 0 Å². The topological polar surface area (TPSA) is 78.5 Å². The lowest BCUT2D eigenvalue weighted by Crippen LogP contribution is -2.24. The number of carbonyl (C=O) groups excluding carboxylic acids is 3. The van der Waals surface area contributed by atoms with Crippen LogP contribution in [0.15, 0.2) is 48.5 Å². The Balaban J connectivity index is 1.41. The molecule has 1 aliphatic rings. The van der Waals surface area contributed by atoms with Gasteiger partial charge in [0.05, 0.1) is 11.5 Å². The molecule has 2 aromatic carbocycles. The summed E-state index contributed by atoms with van der Waals surface area (Å²) in [5.41, 5.74) is 3.57. The predicted octanol–water partition coefficient (Wildman–Crippen LogP) is 3.43. The molecule has 1 fully saturated rings. The van der Waals surface area contributed by atoms with Crippen LogP contribution in [0.5, 0.6) is 0 Å². The number of aryl methyl sites for hydroxylation is 1. The molecule has 0 atom stereocenters. The van der Waals surface area contributed by atoms with Crippen molar-refractivity contribution in [3.63, 3.8) is 0 Å². The van der Waals surface area contributed by atoms with E-state index >= 15 is 0 Å². The van der Waals surface area contributed by atoms with Crippen molar-refractivity contribution >= 4 is 40.9 Å². The quantitative estimate of drug-likeness (QED) is 0.698. The second kappa shape index (κ2) is 10.1. The number of amides is 3. The first kappa shape index (κ1) is 20.9. The summed E-state index contributed by atoms with van der Waals surface area (Å²) in [6.45, 7) is 3.34. The molecule has 3 amide bonds. The fourth-order valence-corrected chi connectivity index (χ4v) is 3.72. The van der Waals surface area contributed by atoms with Crippen molar-refractivity contribution in [2.45, 2.75) is 26.3 Å². The van der Waals surface area contributed by atoms with Gasteiger partial charge >= 0.3 is 0 Å². The van der Waals surface area contributed by atoms with Gasteiger partial charge in [0.15, 0.2) is 0 Å². The normalized spacial score (nSPS) is 13.4. The van der Waals surface area contributed by atoms with Gasteiger partial charge in [-0.05, 0) is 43.2 Å². The maximum atomic E-state index is 12.2. The molecule has 1 aliphatic heterocycles.